The molecule has 21 heteroatoms. The topological polar surface area (TPSA) is 234 Å². The van der Waals surface area contributed by atoms with Gasteiger partial charge in [0.05, 0.1) is 88.5 Å². The fourth-order valence-electron chi connectivity index (χ4n) is 7.58. The number of hydrogen-bond donors (Lipinski definition) is 4. The van der Waals surface area contributed by atoms with Crippen LogP contribution in [-0.4, -0.2) is 132 Å². The Hall–Kier alpha value is -6.29. The minimum Gasteiger partial charge on any atom is -0.382 e. The standard InChI is InChI=1S/C42H47F2N9O10/c43-29-4-2-5-30(44)36(29)39(56)48-32-13-14-46-37(32)40(57)47-25-7-9-27(10-8-25)63-24-26-23-52(51-50-26)16-18-61-20-22-62-21-19-60-17-15-45-31-6-1-3-28-35(31)42(59)53(41(28)58)33-11-12-34(54)49-38(33)55/h1-6,13,23,25,27,33,45H,7-12,14-22,24H2,(H,47,57)(H,48,56)(H,49,54,55)/t25-,27-,33?. The Labute approximate surface area is 359 Å². The van der Waals surface area contributed by atoms with E-state index in [1.54, 1.807) is 23.0 Å². The van der Waals surface area contributed by atoms with Gasteiger partial charge in [-0.15, -0.1) is 5.10 Å². The third-order valence-corrected chi connectivity index (χ3v) is 10.8. The van der Waals surface area contributed by atoms with Gasteiger partial charge in [0.2, 0.25) is 11.8 Å². The number of piperidine rings is 1. The Morgan fingerprint density at radius 1 is 0.841 bits per heavy atom. The smallest absolute Gasteiger partial charge is 0.271 e. The molecule has 1 aromatic heterocycles. The van der Waals surface area contributed by atoms with E-state index in [-0.39, 0.29) is 60.7 Å². The van der Waals surface area contributed by atoms with Gasteiger partial charge in [-0.25, -0.2) is 13.5 Å². The highest BCUT2D eigenvalue weighted by Crippen LogP contribution is 2.32. The van der Waals surface area contributed by atoms with Crippen molar-refractivity contribution < 1.29 is 56.5 Å². The van der Waals surface area contributed by atoms with Crippen LogP contribution < -0.4 is 21.3 Å². The minimum atomic E-state index is -1.03. The fourth-order valence-corrected chi connectivity index (χ4v) is 7.58. The van der Waals surface area contributed by atoms with Gasteiger partial charge in [0, 0.05) is 24.7 Å². The maximum absolute atomic E-state index is 14.1. The molecule has 2 fully saturated rings. The number of aromatic nitrogens is 3. The monoisotopic (exact) mass is 875 g/mol. The molecule has 2 aromatic carbocycles. The predicted octanol–water partition coefficient (Wildman–Crippen LogP) is 1.83. The Kier molecular flexibility index (Phi) is 15.1. The Bertz CT molecular complexity index is 2260. The lowest BCUT2D eigenvalue weighted by atomic mass is 9.92. The molecule has 3 aliphatic heterocycles. The predicted molar refractivity (Wildman–Crippen MR) is 217 cm³/mol. The number of rotatable bonds is 21. The molecule has 1 unspecified atom stereocenters. The average Bonchev–Trinajstić information content (AvgIpc) is 3.99. The molecule has 3 aromatic rings. The molecule has 0 bridgehead atoms. The number of fused-ring (bicyclic) bond motifs is 1. The van der Waals surface area contributed by atoms with E-state index in [1.165, 1.54) is 12.1 Å². The van der Waals surface area contributed by atoms with Crippen molar-refractivity contribution in [3.8, 4) is 0 Å². The molecule has 4 aliphatic rings. The summed E-state index contributed by atoms with van der Waals surface area (Å²) >= 11 is 0. The van der Waals surface area contributed by atoms with Gasteiger partial charge in [-0.1, -0.05) is 17.3 Å². The molecule has 1 aliphatic carbocycles. The van der Waals surface area contributed by atoms with Gasteiger partial charge in [-0.2, -0.15) is 0 Å². The van der Waals surface area contributed by atoms with Gasteiger partial charge in [-0.3, -0.25) is 44.0 Å². The van der Waals surface area contributed by atoms with Gasteiger partial charge in [0.1, 0.15) is 34.6 Å². The van der Waals surface area contributed by atoms with E-state index < -0.39 is 58.7 Å². The number of anilines is 1. The van der Waals surface area contributed by atoms with Crippen LogP contribution >= 0.6 is 0 Å². The zero-order valence-electron chi connectivity index (χ0n) is 34.2. The van der Waals surface area contributed by atoms with E-state index in [0.29, 0.717) is 89.8 Å². The van der Waals surface area contributed by atoms with Gasteiger partial charge in [0.25, 0.3) is 23.6 Å². The summed E-state index contributed by atoms with van der Waals surface area (Å²) in [5, 5.41) is 19.0. The molecule has 7 rings (SSSR count). The number of ether oxygens (including phenoxy) is 4. The van der Waals surface area contributed by atoms with Crippen molar-refractivity contribution >= 4 is 46.8 Å². The molecule has 4 heterocycles. The van der Waals surface area contributed by atoms with Crippen LogP contribution in [0.3, 0.4) is 0 Å². The molecule has 4 N–H and O–H groups in total. The van der Waals surface area contributed by atoms with Crippen molar-refractivity contribution in [1.29, 1.82) is 0 Å². The number of carbonyl (C=O) groups is 6. The molecule has 1 saturated heterocycles. The number of halogens is 2. The summed E-state index contributed by atoms with van der Waals surface area (Å²) in [6.07, 6.45) is 6.15. The van der Waals surface area contributed by atoms with E-state index >= 15 is 0 Å². The molecular weight excluding hydrogens is 829 g/mol. The number of hydrogen-bond acceptors (Lipinski definition) is 14. The lowest BCUT2D eigenvalue weighted by molar-refractivity contribution is -0.136. The first-order chi connectivity index (χ1) is 30.6. The molecule has 1 atom stereocenters. The largest absolute Gasteiger partial charge is 0.382 e. The SMILES string of the molecule is O=C1CCC(N2C(=O)c3cccc(NCCOCCOCCOCCn4cc(CO[C@H]5CC[C@H](NC(=O)C6=NCC=C6NC(=O)c6c(F)cccc6F)CC5)nn4)c3C2=O)C(=O)N1. The third kappa shape index (κ3) is 11.2. The van der Waals surface area contributed by atoms with Crippen molar-refractivity contribution in [2.24, 2.45) is 4.99 Å². The summed E-state index contributed by atoms with van der Waals surface area (Å²) in [6, 6.07) is 6.83. The summed E-state index contributed by atoms with van der Waals surface area (Å²) in [6.45, 7) is 3.40. The second-order valence-corrected chi connectivity index (χ2v) is 15.0. The second-order valence-electron chi connectivity index (χ2n) is 15.0. The second kappa shape index (κ2) is 21.2. The van der Waals surface area contributed by atoms with Crippen molar-refractivity contribution in [2.45, 2.75) is 69.9 Å². The van der Waals surface area contributed by atoms with Crippen LogP contribution in [-0.2, 0) is 46.5 Å². The molecule has 334 valence electrons. The van der Waals surface area contributed by atoms with Crippen molar-refractivity contribution in [3.63, 3.8) is 0 Å². The van der Waals surface area contributed by atoms with Crippen LogP contribution in [0.25, 0.3) is 0 Å². The molecule has 19 nitrogen and oxygen atoms in total. The first kappa shape index (κ1) is 44.8. The summed E-state index contributed by atoms with van der Waals surface area (Å²) < 4.78 is 52.7. The molecule has 63 heavy (non-hydrogen) atoms. The molecule has 0 radical (unpaired) electrons. The number of imide groups is 2. The summed E-state index contributed by atoms with van der Waals surface area (Å²) in [5.41, 5.74) is 0.893. The lowest BCUT2D eigenvalue weighted by Gasteiger charge is -2.29. The molecule has 0 spiro atoms. The van der Waals surface area contributed by atoms with Gasteiger partial charge in [0.15, 0.2) is 0 Å². The minimum absolute atomic E-state index is 0.00437. The number of nitrogens with one attached hydrogen (secondary N) is 4. The summed E-state index contributed by atoms with van der Waals surface area (Å²) in [7, 11) is 0. The zero-order valence-corrected chi connectivity index (χ0v) is 34.2. The van der Waals surface area contributed by atoms with Crippen LogP contribution in [0.4, 0.5) is 14.5 Å². The van der Waals surface area contributed by atoms with Crippen LogP contribution in [0.1, 0.15) is 75.3 Å². The fraction of sp³-hybridized carbons (Fsp3) is 0.452. The first-order valence-corrected chi connectivity index (χ1v) is 20.7. The van der Waals surface area contributed by atoms with E-state index in [2.05, 4.69) is 36.6 Å². The molecular formula is C42H47F2N9O10. The number of carbonyl (C=O) groups excluding carboxylic acids is 6. The van der Waals surface area contributed by atoms with Gasteiger partial charge in [-0.05, 0) is 62.4 Å². The molecule has 1 saturated carbocycles. The number of amides is 6. The van der Waals surface area contributed by atoms with Crippen molar-refractivity contribution in [1.82, 2.24) is 35.8 Å². The number of nitrogens with zero attached hydrogens (tertiary/aromatic N) is 5. The first-order valence-electron chi connectivity index (χ1n) is 20.7. The van der Waals surface area contributed by atoms with Crippen LogP contribution in [0.2, 0.25) is 0 Å². The quantitative estimate of drug-likeness (QED) is 0.0885. The van der Waals surface area contributed by atoms with Crippen LogP contribution in [0.5, 0.6) is 0 Å². The van der Waals surface area contributed by atoms with E-state index in [1.807, 2.05) is 0 Å². The molecule has 6 amide bonds. The van der Waals surface area contributed by atoms with Crippen LogP contribution in [0.15, 0.2) is 59.4 Å². The summed E-state index contributed by atoms with van der Waals surface area (Å²) in [5.74, 6) is -5.73. The van der Waals surface area contributed by atoms with E-state index in [0.717, 1.165) is 23.1 Å². The Morgan fingerprint density at radius 3 is 2.30 bits per heavy atom. The maximum Gasteiger partial charge on any atom is 0.271 e. The highest BCUT2D eigenvalue weighted by molar-refractivity contribution is 6.46. The highest BCUT2D eigenvalue weighted by atomic mass is 19.1. The van der Waals surface area contributed by atoms with Gasteiger partial charge >= 0.3 is 0 Å². The summed E-state index contributed by atoms with van der Waals surface area (Å²) in [4.78, 5) is 80.8. The van der Waals surface area contributed by atoms with Crippen molar-refractivity contribution in [3.05, 3.63) is 88.4 Å². The van der Waals surface area contributed by atoms with E-state index in [4.69, 9.17) is 18.9 Å². The average molecular weight is 876 g/mol. The van der Waals surface area contributed by atoms with Crippen LogP contribution in [0, 0.1) is 11.6 Å². The number of benzene rings is 2. The lowest BCUT2D eigenvalue weighted by Crippen LogP contribution is -2.54. The normalized spacial score (nSPS) is 19.7. The van der Waals surface area contributed by atoms with Gasteiger partial charge < -0.3 is 34.9 Å². The third-order valence-electron chi connectivity index (χ3n) is 10.8. The maximum atomic E-state index is 14.1. The Balaban J connectivity index is 0.699. The Morgan fingerprint density at radius 2 is 1.56 bits per heavy atom. The number of aliphatic imine (C=N–C) groups is 1. The highest BCUT2D eigenvalue weighted by Gasteiger charge is 2.45. The zero-order chi connectivity index (χ0) is 44.3. The van der Waals surface area contributed by atoms with E-state index in [9.17, 15) is 37.5 Å². The van der Waals surface area contributed by atoms with Crippen molar-refractivity contribution in [2.75, 3.05) is 58.0 Å².